The van der Waals surface area contributed by atoms with Crippen molar-refractivity contribution >= 4 is 23.5 Å². The van der Waals surface area contributed by atoms with Crippen LogP contribution >= 0.6 is 11.8 Å². The highest BCUT2D eigenvalue weighted by atomic mass is 32.2. The molecule has 0 bridgehead atoms. The van der Waals surface area contributed by atoms with Crippen molar-refractivity contribution in [3.63, 3.8) is 0 Å². The number of aromatic nitrogens is 1. The number of anilines is 1. The number of thioether (sulfide) groups is 1. The van der Waals surface area contributed by atoms with E-state index in [-0.39, 0.29) is 12.1 Å². The molecule has 1 aliphatic heterocycles. The van der Waals surface area contributed by atoms with Crippen molar-refractivity contribution in [3.05, 3.63) is 113 Å². The maximum absolute atomic E-state index is 13.8. The first-order valence-corrected chi connectivity index (χ1v) is 12.3. The fraction of sp³-hybridized carbons (Fsp3) is 0.179. The van der Waals surface area contributed by atoms with E-state index in [9.17, 15) is 4.79 Å². The minimum absolute atomic E-state index is 0.110. The molecule has 1 atom stereocenters. The Hall–Kier alpha value is -3.44. The number of nitrogens with one attached hydrogen (secondary N) is 1. The maximum Gasteiger partial charge on any atom is 0.322 e. The second-order valence-electron chi connectivity index (χ2n) is 8.46. The SMILES string of the molecule is CSc1ccc(C2c3cccn3-c3ccccc3CN2C(=O)Nc2ccc(C)c(C)c2)cc1. The Labute approximate surface area is 199 Å². The van der Waals surface area contributed by atoms with Gasteiger partial charge in [0.15, 0.2) is 0 Å². The average Bonchev–Trinajstić information content (AvgIpc) is 3.26. The highest BCUT2D eigenvalue weighted by molar-refractivity contribution is 7.98. The van der Waals surface area contributed by atoms with Crippen molar-refractivity contribution in [2.75, 3.05) is 11.6 Å². The monoisotopic (exact) mass is 453 g/mol. The zero-order valence-electron chi connectivity index (χ0n) is 19.1. The van der Waals surface area contributed by atoms with Gasteiger partial charge >= 0.3 is 6.03 Å². The lowest BCUT2D eigenvalue weighted by molar-refractivity contribution is 0.194. The molecule has 5 heteroatoms. The number of amides is 2. The lowest BCUT2D eigenvalue weighted by atomic mass is 10.0. The third kappa shape index (κ3) is 4.05. The average molecular weight is 454 g/mol. The molecule has 4 nitrogen and oxygen atoms in total. The quantitative estimate of drug-likeness (QED) is 0.341. The molecule has 0 radical (unpaired) electrons. The van der Waals surface area contributed by atoms with Gasteiger partial charge in [-0.1, -0.05) is 36.4 Å². The largest absolute Gasteiger partial charge is 0.322 e. The van der Waals surface area contributed by atoms with E-state index in [2.05, 4.69) is 90.8 Å². The van der Waals surface area contributed by atoms with Crippen LogP contribution in [0.15, 0.2) is 90.0 Å². The van der Waals surface area contributed by atoms with E-state index in [0.29, 0.717) is 6.54 Å². The van der Waals surface area contributed by atoms with Crippen molar-refractivity contribution < 1.29 is 4.79 Å². The summed E-state index contributed by atoms with van der Waals surface area (Å²) >= 11 is 1.72. The van der Waals surface area contributed by atoms with E-state index < -0.39 is 0 Å². The number of fused-ring (bicyclic) bond motifs is 3. The number of para-hydroxylation sites is 1. The molecule has 1 aromatic heterocycles. The number of carbonyl (C=O) groups is 1. The first-order chi connectivity index (χ1) is 16.0. The van der Waals surface area contributed by atoms with E-state index in [1.54, 1.807) is 11.8 Å². The Kier molecular flexibility index (Phi) is 5.73. The van der Waals surface area contributed by atoms with E-state index in [4.69, 9.17) is 0 Å². The van der Waals surface area contributed by atoms with Crippen LogP contribution in [0.2, 0.25) is 0 Å². The van der Waals surface area contributed by atoms with E-state index >= 15 is 0 Å². The van der Waals surface area contributed by atoms with Gasteiger partial charge in [-0.15, -0.1) is 11.8 Å². The van der Waals surface area contributed by atoms with Gasteiger partial charge in [0.25, 0.3) is 0 Å². The number of aryl methyl sites for hydroxylation is 2. The normalized spacial score (nSPS) is 14.9. The Morgan fingerprint density at radius 2 is 1.73 bits per heavy atom. The highest BCUT2D eigenvalue weighted by Gasteiger charge is 2.33. The summed E-state index contributed by atoms with van der Waals surface area (Å²) in [4.78, 5) is 16.9. The minimum atomic E-state index is -0.213. The van der Waals surface area contributed by atoms with E-state index in [1.165, 1.54) is 10.5 Å². The topological polar surface area (TPSA) is 37.3 Å². The predicted octanol–water partition coefficient (Wildman–Crippen LogP) is 6.95. The van der Waals surface area contributed by atoms with Gasteiger partial charge in [0.05, 0.1) is 18.3 Å². The Morgan fingerprint density at radius 3 is 2.48 bits per heavy atom. The van der Waals surface area contributed by atoms with Crippen LogP contribution in [0, 0.1) is 13.8 Å². The van der Waals surface area contributed by atoms with Gasteiger partial charge in [-0.25, -0.2) is 4.79 Å². The van der Waals surface area contributed by atoms with Crippen molar-refractivity contribution in [2.24, 2.45) is 0 Å². The standard InChI is InChI=1S/C28H27N3OS/c1-19-10-13-23(17-20(19)2)29-28(32)31-18-22-7-4-5-8-25(22)30-16-6-9-26(30)27(31)21-11-14-24(33-3)15-12-21/h4-17,27H,18H2,1-3H3,(H,29,32). The Morgan fingerprint density at radius 1 is 0.939 bits per heavy atom. The molecule has 0 spiro atoms. The van der Waals surface area contributed by atoms with Crippen molar-refractivity contribution in [1.82, 2.24) is 9.47 Å². The van der Waals surface area contributed by atoms with Crippen LogP contribution in [0.1, 0.15) is 34.0 Å². The molecule has 0 saturated heterocycles. The summed E-state index contributed by atoms with van der Waals surface area (Å²) < 4.78 is 2.21. The number of urea groups is 1. The third-order valence-electron chi connectivity index (χ3n) is 6.41. The molecule has 0 saturated carbocycles. The minimum Gasteiger partial charge on any atom is -0.318 e. The molecule has 33 heavy (non-hydrogen) atoms. The van der Waals surface area contributed by atoms with Crippen molar-refractivity contribution in [1.29, 1.82) is 0 Å². The fourth-order valence-corrected chi connectivity index (χ4v) is 4.90. The highest BCUT2D eigenvalue weighted by Crippen LogP contribution is 2.37. The number of benzene rings is 3. The smallest absolute Gasteiger partial charge is 0.318 e. The molecule has 5 rings (SSSR count). The van der Waals surface area contributed by atoms with Crippen LogP contribution in [0.4, 0.5) is 10.5 Å². The summed E-state index contributed by atoms with van der Waals surface area (Å²) in [5.41, 5.74) is 7.59. The second kappa shape index (κ2) is 8.83. The van der Waals surface area contributed by atoms with Gasteiger partial charge in [0.2, 0.25) is 0 Å². The van der Waals surface area contributed by atoms with Gasteiger partial charge in [0.1, 0.15) is 0 Å². The number of hydrogen-bond donors (Lipinski definition) is 1. The van der Waals surface area contributed by atoms with Crippen LogP contribution in [-0.2, 0) is 6.54 Å². The van der Waals surface area contributed by atoms with Crippen molar-refractivity contribution in [2.45, 2.75) is 31.3 Å². The molecule has 0 fully saturated rings. The van der Waals surface area contributed by atoms with Gasteiger partial charge in [-0.05, 0) is 84.8 Å². The molecule has 166 valence electrons. The zero-order valence-corrected chi connectivity index (χ0v) is 19.9. The summed E-state index contributed by atoms with van der Waals surface area (Å²) in [6.07, 6.45) is 4.16. The number of hydrogen-bond acceptors (Lipinski definition) is 2. The van der Waals surface area contributed by atoms with Gasteiger partial charge in [-0.2, -0.15) is 0 Å². The van der Waals surface area contributed by atoms with Crippen molar-refractivity contribution in [3.8, 4) is 5.69 Å². The van der Waals surface area contributed by atoms with Crippen LogP contribution in [-0.4, -0.2) is 21.8 Å². The fourth-order valence-electron chi connectivity index (χ4n) is 4.49. The molecule has 4 aromatic rings. The predicted molar refractivity (Wildman–Crippen MR) is 136 cm³/mol. The Balaban J connectivity index is 1.61. The first-order valence-electron chi connectivity index (χ1n) is 11.1. The molecule has 1 unspecified atom stereocenters. The number of carbonyl (C=O) groups excluding carboxylic acids is 1. The summed E-state index contributed by atoms with van der Waals surface area (Å²) in [7, 11) is 0. The molecule has 1 N–H and O–H groups in total. The summed E-state index contributed by atoms with van der Waals surface area (Å²) in [6, 6.07) is 26.8. The molecule has 0 aliphatic carbocycles. The molecule has 2 amide bonds. The maximum atomic E-state index is 13.8. The lowest BCUT2D eigenvalue weighted by Crippen LogP contribution is -2.37. The third-order valence-corrected chi connectivity index (χ3v) is 7.16. The van der Waals surface area contributed by atoms with Gasteiger partial charge in [0, 0.05) is 22.5 Å². The van der Waals surface area contributed by atoms with Crippen LogP contribution in [0.25, 0.3) is 5.69 Å². The molecule has 3 aromatic carbocycles. The summed E-state index contributed by atoms with van der Waals surface area (Å²) in [5.74, 6) is 0. The van der Waals surface area contributed by atoms with Crippen LogP contribution in [0.5, 0.6) is 0 Å². The Bertz CT molecular complexity index is 1310. The molecule has 2 heterocycles. The van der Waals surface area contributed by atoms with E-state index in [0.717, 1.165) is 33.8 Å². The second-order valence-corrected chi connectivity index (χ2v) is 9.34. The van der Waals surface area contributed by atoms with Gasteiger partial charge in [-0.3, -0.25) is 0 Å². The van der Waals surface area contributed by atoms with E-state index in [1.807, 2.05) is 29.2 Å². The van der Waals surface area contributed by atoms with Gasteiger partial charge < -0.3 is 14.8 Å². The molecule has 1 aliphatic rings. The van der Waals surface area contributed by atoms with Crippen LogP contribution < -0.4 is 5.32 Å². The summed E-state index contributed by atoms with van der Waals surface area (Å²) in [5, 5.41) is 3.16. The zero-order chi connectivity index (χ0) is 22.9. The molecular formula is C28H27N3OS. The number of nitrogens with zero attached hydrogens (tertiary/aromatic N) is 2. The number of rotatable bonds is 3. The summed E-state index contributed by atoms with van der Waals surface area (Å²) in [6.45, 7) is 4.66. The lowest BCUT2D eigenvalue weighted by Gasteiger charge is -2.31. The van der Waals surface area contributed by atoms with Crippen LogP contribution in [0.3, 0.4) is 0 Å². The molecular weight excluding hydrogens is 426 g/mol. The first kappa shape index (κ1) is 21.4.